The Labute approximate surface area is 72.3 Å². The predicted molar refractivity (Wildman–Crippen MR) is 46.7 cm³/mol. The fraction of sp³-hybridized carbons (Fsp3) is 0.444. The molecule has 3 heteroatoms. The second-order valence-corrected chi connectivity index (χ2v) is 2.41. The van der Waals surface area contributed by atoms with Crippen molar-refractivity contribution in [3.8, 4) is 11.8 Å². The second-order valence-electron chi connectivity index (χ2n) is 2.41. The highest BCUT2D eigenvalue weighted by Gasteiger charge is 2.00. The highest BCUT2D eigenvalue weighted by Crippen LogP contribution is 2.17. The first-order valence-electron chi connectivity index (χ1n) is 3.89. The van der Waals surface area contributed by atoms with E-state index >= 15 is 0 Å². The maximum Gasteiger partial charge on any atom is 0.216 e. The summed E-state index contributed by atoms with van der Waals surface area (Å²) in [5.74, 6) is 1.21. The standard InChI is InChI=1S/C9H13NO2/c1-4-7-5-8(11-2)10-9(6-7)12-3/h5-6H,4H2,1-3H3. The van der Waals surface area contributed by atoms with Gasteiger partial charge in [-0.05, 0) is 12.0 Å². The van der Waals surface area contributed by atoms with Crippen LogP contribution in [0.3, 0.4) is 0 Å². The highest BCUT2D eigenvalue weighted by molar-refractivity contribution is 5.28. The van der Waals surface area contributed by atoms with E-state index in [1.807, 2.05) is 12.1 Å². The smallest absolute Gasteiger partial charge is 0.216 e. The molecule has 0 N–H and O–H groups in total. The lowest BCUT2D eigenvalue weighted by atomic mass is 10.2. The summed E-state index contributed by atoms with van der Waals surface area (Å²) in [5.41, 5.74) is 1.17. The van der Waals surface area contributed by atoms with Gasteiger partial charge in [-0.2, -0.15) is 4.98 Å². The number of hydrogen-bond acceptors (Lipinski definition) is 3. The van der Waals surface area contributed by atoms with Crippen LogP contribution in [0.15, 0.2) is 12.1 Å². The fourth-order valence-electron chi connectivity index (χ4n) is 0.945. The molecule has 3 nitrogen and oxygen atoms in total. The third-order valence-electron chi connectivity index (χ3n) is 1.66. The zero-order valence-corrected chi connectivity index (χ0v) is 7.63. The van der Waals surface area contributed by atoms with Crippen molar-refractivity contribution in [2.75, 3.05) is 14.2 Å². The Bertz CT molecular complexity index is 205. The minimum absolute atomic E-state index is 0.603. The molecule has 0 aromatic carbocycles. The summed E-state index contributed by atoms with van der Waals surface area (Å²) in [5, 5.41) is 0. The fourth-order valence-corrected chi connectivity index (χ4v) is 0.945. The van der Waals surface area contributed by atoms with Gasteiger partial charge in [0.05, 0.1) is 14.2 Å². The van der Waals surface area contributed by atoms with Crippen LogP contribution in [0.5, 0.6) is 11.8 Å². The van der Waals surface area contributed by atoms with E-state index in [4.69, 9.17) is 9.47 Å². The van der Waals surface area contributed by atoms with Crippen LogP contribution in [0, 0.1) is 0 Å². The molecule has 0 fully saturated rings. The summed E-state index contributed by atoms with van der Waals surface area (Å²) in [7, 11) is 3.20. The number of ether oxygens (including phenoxy) is 2. The van der Waals surface area contributed by atoms with E-state index in [-0.39, 0.29) is 0 Å². The van der Waals surface area contributed by atoms with Crippen LogP contribution in [-0.4, -0.2) is 19.2 Å². The molecular formula is C9H13NO2. The average molecular weight is 167 g/mol. The van der Waals surface area contributed by atoms with E-state index in [0.717, 1.165) is 6.42 Å². The molecule has 0 saturated carbocycles. The number of aromatic nitrogens is 1. The molecule has 0 aliphatic heterocycles. The Balaban J connectivity index is 3.01. The van der Waals surface area contributed by atoms with Crippen molar-refractivity contribution < 1.29 is 9.47 Å². The molecule has 12 heavy (non-hydrogen) atoms. The molecule has 1 aromatic heterocycles. The molecule has 0 radical (unpaired) electrons. The molecule has 0 spiro atoms. The highest BCUT2D eigenvalue weighted by atomic mass is 16.5. The molecule has 0 amide bonds. The maximum absolute atomic E-state index is 5.01. The molecule has 66 valence electrons. The lowest BCUT2D eigenvalue weighted by molar-refractivity contribution is 0.364. The number of methoxy groups -OCH3 is 2. The quantitative estimate of drug-likeness (QED) is 0.686. The molecular weight excluding hydrogens is 154 g/mol. The van der Waals surface area contributed by atoms with Gasteiger partial charge in [0.2, 0.25) is 11.8 Å². The Hall–Kier alpha value is -1.25. The first kappa shape index (κ1) is 8.84. The van der Waals surface area contributed by atoms with Gasteiger partial charge >= 0.3 is 0 Å². The molecule has 0 unspecified atom stereocenters. The van der Waals surface area contributed by atoms with E-state index in [9.17, 15) is 0 Å². The van der Waals surface area contributed by atoms with Crippen molar-refractivity contribution in [3.05, 3.63) is 17.7 Å². The van der Waals surface area contributed by atoms with Gasteiger partial charge in [0, 0.05) is 12.1 Å². The number of rotatable bonds is 3. The summed E-state index contributed by atoms with van der Waals surface area (Å²) in [6.45, 7) is 2.08. The Kier molecular flexibility index (Phi) is 2.91. The Morgan fingerprint density at radius 1 is 1.17 bits per heavy atom. The van der Waals surface area contributed by atoms with Crippen molar-refractivity contribution in [3.63, 3.8) is 0 Å². The van der Waals surface area contributed by atoms with Gasteiger partial charge in [0.25, 0.3) is 0 Å². The normalized spacial score (nSPS) is 9.58. The Morgan fingerprint density at radius 2 is 1.67 bits per heavy atom. The summed E-state index contributed by atoms with van der Waals surface area (Å²) in [4.78, 5) is 4.07. The van der Waals surface area contributed by atoms with Crippen LogP contribution in [-0.2, 0) is 6.42 Å². The topological polar surface area (TPSA) is 31.4 Å². The first-order valence-corrected chi connectivity index (χ1v) is 3.89. The van der Waals surface area contributed by atoms with Crippen LogP contribution < -0.4 is 9.47 Å². The first-order chi connectivity index (χ1) is 5.80. The third kappa shape index (κ3) is 1.87. The lowest BCUT2D eigenvalue weighted by Gasteiger charge is -2.04. The largest absolute Gasteiger partial charge is 0.481 e. The number of hydrogen-bond donors (Lipinski definition) is 0. The SMILES string of the molecule is CCc1cc(OC)nc(OC)c1. The van der Waals surface area contributed by atoms with Crippen molar-refractivity contribution in [1.29, 1.82) is 0 Å². The van der Waals surface area contributed by atoms with E-state index in [1.165, 1.54) is 5.56 Å². The molecule has 1 aromatic rings. The van der Waals surface area contributed by atoms with Crippen LogP contribution in [0.1, 0.15) is 12.5 Å². The second kappa shape index (κ2) is 3.95. The predicted octanol–water partition coefficient (Wildman–Crippen LogP) is 1.66. The minimum Gasteiger partial charge on any atom is -0.481 e. The summed E-state index contributed by atoms with van der Waals surface area (Å²) >= 11 is 0. The monoisotopic (exact) mass is 167 g/mol. The molecule has 0 aliphatic rings. The van der Waals surface area contributed by atoms with Gasteiger partial charge in [-0.1, -0.05) is 6.92 Å². The van der Waals surface area contributed by atoms with Crippen LogP contribution in [0.4, 0.5) is 0 Å². The zero-order chi connectivity index (χ0) is 8.97. The van der Waals surface area contributed by atoms with E-state index in [1.54, 1.807) is 14.2 Å². The molecule has 1 heterocycles. The molecule has 0 bridgehead atoms. The number of aryl methyl sites for hydroxylation is 1. The van der Waals surface area contributed by atoms with Crippen LogP contribution >= 0.6 is 0 Å². The molecule has 0 aliphatic carbocycles. The Morgan fingerprint density at radius 3 is 2.00 bits per heavy atom. The van der Waals surface area contributed by atoms with Crippen molar-refractivity contribution in [1.82, 2.24) is 4.98 Å². The third-order valence-corrected chi connectivity index (χ3v) is 1.66. The van der Waals surface area contributed by atoms with E-state index in [0.29, 0.717) is 11.8 Å². The summed E-state index contributed by atoms with van der Waals surface area (Å²) in [6.07, 6.45) is 0.954. The molecule has 1 rings (SSSR count). The van der Waals surface area contributed by atoms with Crippen LogP contribution in [0.25, 0.3) is 0 Å². The zero-order valence-electron chi connectivity index (χ0n) is 7.63. The minimum atomic E-state index is 0.603. The van der Waals surface area contributed by atoms with E-state index < -0.39 is 0 Å². The summed E-state index contributed by atoms with van der Waals surface area (Å²) < 4.78 is 10.0. The molecule has 0 saturated heterocycles. The van der Waals surface area contributed by atoms with Gasteiger partial charge in [0.1, 0.15) is 0 Å². The van der Waals surface area contributed by atoms with Crippen molar-refractivity contribution >= 4 is 0 Å². The number of nitrogens with zero attached hydrogens (tertiary/aromatic N) is 1. The van der Waals surface area contributed by atoms with Crippen molar-refractivity contribution in [2.24, 2.45) is 0 Å². The lowest BCUT2D eigenvalue weighted by Crippen LogP contribution is -1.94. The van der Waals surface area contributed by atoms with Gasteiger partial charge in [-0.3, -0.25) is 0 Å². The van der Waals surface area contributed by atoms with E-state index in [2.05, 4.69) is 11.9 Å². The van der Waals surface area contributed by atoms with Crippen LogP contribution in [0.2, 0.25) is 0 Å². The molecule has 0 atom stereocenters. The maximum atomic E-state index is 5.01. The van der Waals surface area contributed by atoms with Gasteiger partial charge in [0.15, 0.2) is 0 Å². The van der Waals surface area contributed by atoms with Gasteiger partial charge in [-0.25, -0.2) is 0 Å². The van der Waals surface area contributed by atoms with Crippen molar-refractivity contribution in [2.45, 2.75) is 13.3 Å². The summed E-state index contributed by atoms with van der Waals surface area (Å²) in [6, 6.07) is 3.81. The van der Waals surface area contributed by atoms with Gasteiger partial charge < -0.3 is 9.47 Å². The van der Waals surface area contributed by atoms with Gasteiger partial charge in [-0.15, -0.1) is 0 Å². The number of pyridine rings is 1. The average Bonchev–Trinajstić information content (AvgIpc) is 2.16.